The predicted molar refractivity (Wildman–Crippen MR) is 74.2 cm³/mol. The topological polar surface area (TPSA) is 96.7 Å². The van der Waals surface area contributed by atoms with E-state index in [1.54, 1.807) is 12.1 Å². The number of nitrogens with zero attached hydrogens (tertiary/aromatic N) is 3. The summed E-state index contributed by atoms with van der Waals surface area (Å²) in [7, 11) is 0. The Morgan fingerprint density at radius 1 is 1.40 bits per heavy atom. The second-order valence-electron chi connectivity index (χ2n) is 4.56. The smallest absolute Gasteiger partial charge is 0.269 e. The van der Waals surface area contributed by atoms with Crippen molar-refractivity contribution in [1.82, 2.24) is 20.5 Å². The number of nitro benzene ring substituents is 1. The number of hydrogen-bond donors (Lipinski definition) is 2. The number of nitrogens with one attached hydrogen (secondary N) is 2. The van der Waals surface area contributed by atoms with Crippen molar-refractivity contribution in [3.8, 4) is 0 Å². The first kappa shape index (κ1) is 14.1. The lowest BCUT2D eigenvalue weighted by Crippen LogP contribution is -2.20. The molecule has 0 bridgehead atoms. The maximum absolute atomic E-state index is 10.6. The van der Waals surface area contributed by atoms with Gasteiger partial charge in [-0.05, 0) is 25.5 Å². The quantitative estimate of drug-likeness (QED) is 0.457. The van der Waals surface area contributed by atoms with Crippen molar-refractivity contribution in [3.63, 3.8) is 0 Å². The Morgan fingerprint density at radius 2 is 2.15 bits per heavy atom. The van der Waals surface area contributed by atoms with Crippen LogP contribution in [0.25, 0.3) is 0 Å². The molecule has 1 atom stereocenters. The Morgan fingerprint density at radius 3 is 2.75 bits per heavy atom. The summed E-state index contributed by atoms with van der Waals surface area (Å²) < 4.78 is 0. The van der Waals surface area contributed by atoms with Crippen molar-refractivity contribution < 1.29 is 4.92 Å². The monoisotopic (exact) mass is 275 g/mol. The highest BCUT2D eigenvalue weighted by molar-refractivity contribution is 5.33. The molecule has 106 valence electrons. The second-order valence-corrected chi connectivity index (χ2v) is 4.56. The first-order valence-electron chi connectivity index (χ1n) is 6.49. The Bertz CT molecular complexity index is 538. The van der Waals surface area contributed by atoms with Gasteiger partial charge in [-0.3, -0.25) is 15.2 Å². The van der Waals surface area contributed by atoms with Crippen LogP contribution in [0.1, 0.15) is 30.8 Å². The maximum atomic E-state index is 10.6. The number of nitro groups is 1. The standard InChI is InChI=1S/C13H17N5O2/c1-10(11-4-6-12(7-5-11)18(19)20)14-8-2-3-13-15-9-16-17-13/h4-7,9-10,14H,2-3,8H2,1H3,(H,15,16,17). The van der Waals surface area contributed by atoms with Crippen molar-refractivity contribution in [2.24, 2.45) is 0 Å². The Balaban J connectivity index is 1.76. The molecule has 7 heteroatoms. The molecule has 1 unspecified atom stereocenters. The van der Waals surface area contributed by atoms with E-state index in [4.69, 9.17) is 0 Å². The van der Waals surface area contributed by atoms with Crippen LogP contribution in [0, 0.1) is 10.1 Å². The van der Waals surface area contributed by atoms with Crippen LogP contribution < -0.4 is 5.32 Å². The number of non-ortho nitro benzene ring substituents is 1. The highest BCUT2D eigenvalue weighted by Crippen LogP contribution is 2.17. The number of aromatic amines is 1. The van der Waals surface area contributed by atoms with Crippen molar-refractivity contribution >= 4 is 5.69 Å². The fraction of sp³-hybridized carbons (Fsp3) is 0.385. The van der Waals surface area contributed by atoms with Gasteiger partial charge >= 0.3 is 0 Å². The number of hydrogen-bond acceptors (Lipinski definition) is 5. The van der Waals surface area contributed by atoms with Gasteiger partial charge in [0.2, 0.25) is 0 Å². The lowest BCUT2D eigenvalue weighted by atomic mass is 10.1. The third-order valence-electron chi connectivity index (χ3n) is 3.11. The zero-order chi connectivity index (χ0) is 14.4. The molecule has 1 aromatic heterocycles. The minimum atomic E-state index is -0.390. The molecule has 2 aromatic rings. The number of aryl methyl sites for hydroxylation is 1. The minimum absolute atomic E-state index is 0.117. The van der Waals surface area contributed by atoms with Gasteiger partial charge in [0, 0.05) is 24.6 Å². The van der Waals surface area contributed by atoms with Crippen molar-refractivity contribution in [1.29, 1.82) is 0 Å². The van der Waals surface area contributed by atoms with E-state index in [9.17, 15) is 10.1 Å². The van der Waals surface area contributed by atoms with Crippen molar-refractivity contribution in [2.45, 2.75) is 25.8 Å². The number of benzene rings is 1. The van der Waals surface area contributed by atoms with Crippen LogP contribution in [-0.2, 0) is 6.42 Å². The first-order chi connectivity index (χ1) is 9.66. The van der Waals surface area contributed by atoms with Gasteiger partial charge < -0.3 is 5.32 Å². The summed E-state index contributed by atoms with van der Waals surface area (Å²) in [5.41, 5.74) is 1.15. The average molecular weight is 275 g/mol. The van der Waals surface area contributed by atoms with Crippen molar-refractivity contribution in [3.05, 3.63) is 52.1 Å². The van der Waals surface area contributed by atoms with Gasteiger partial charge in [-0.15, -0.1) is 0 Å². The average Bonchev–Trinajstić information content (AvgIpc) is 2.96. The molecule has 0 saturated heterocycles. The van der Waals surface area contributed by atoms with E-state index in [1.807, 2.05) is 6.92 Å². The summed E-state index contributed by atoms with van der Waals surface area (Å²) in [6.07, 6.45) is 3.30. The van der Waals surface area contributed by atoms with Gasteiger partial charge in [0.05, 0.1) is 4.92 Å². The molecule has 0 fully saturated rings. The largest absolute Gasteiger partial charge is 0.310 e. The molecule has 7 nitrogen and oxygen atoms in total. The number of H-pyrrole nitrogens is 1. The molecule has 0 saturated carbocycles. The summed E-state index contributed by atoms with van der Waals surface area (Å²) in [6.45, 7) is 2.88. The molecule has 0 aliphatic rings. The first-order valence-corrected chi connectivity index (χ1v) is 6.49. The molecular weight excluding hydrogens is 258 g/mol. The van der Waals surface area contributed by atoms with Crippen LogP contribution in [-0.4, -0.2) is 26.6 Å². The van der Waals surface area contributed by atoms with Crippen LogP contribution >= 0.6 is 0 Å². The molecular formula is C13H17N5O2. The molecule has 0 spiro atoms. The van der Waals surface area contributed by atoms with Crippen LogP contribution in [0.15, 0.2) is 30.6 Å². The summed E-state index contributed by atoms with van der Waals surface area (Å²) in [5, 5.41) is 20.6. The SMILES string of the molecule is CC(NCCCc1ncn[nH]1)c1ccc([N+](=O)[O-])cc1. The van der Waals surface area contributed by atoms with E-state index in [0.717, 1.165) is 30.8 Å². The highest BCUT2D eigenvalue weighted by atomic mass is 16.6. The van der Waals surface area contributed by atoms with Crippen LogP contribution in [0.4, 0.5) is 5.69 Å². The highest BCUT2D eigenvalue weighted by Gasteiger charge is 2.08. The summed E-state index contributed by atoms with van der Waals surface area (Å²) >= 11 is 0. The lowest BCUT2D eigenvalue weighted by molar-refractivity contribution is -0.384. The zero-order valence-corrected chi connectivity index (χ0v) is 11.2. The molecule has 0 aliphatic heterocycles. The summed E-state index contributed by atoms with van der Waals surface area (Å²) in [5.74, 6) is 0.884. The van der Waals surface area contributed by atoms with E-state index in [-0.39, 0.29) is 16.7 Å². The van der Waals surface area contributed by atoms with Gasteiger partial charge in [0.25, 0.3) is 5.69 Å². The van der Waals surface area contributed by atoms with Crippen LogP contribution in [0.3, 0.4) is 0 Å². The van der Waals surface area contributed by atoms with Gasteiger partial charge in [0.15, 0.2) is 0 Å². The molecule has 0 aliphatic carbocycles. The molecule has 1 heterocycles. The van der Waals surface area contributed by atoms with Crippen LogP contribution in [0.5, 0.6) is 0 Å². The fourth-order valence-electron chi connectivity index (χ4n) is 1.93. The van der Waals surface area contributed by atoms with E-state index in [1.165, 1.54) is 18.5 Å². The van der Waals surface area contributed by atoms with Gasteiger partial charge in [-0.1, -0.05) is 12.1 Å². The lowest BCUT2D eigenvalue weighted by Gasteiger charge is -2.13. The summed E-state index contributed by atoms with van der Waals surface area (Å²) in [4.78, 5) is 14.3. The zero-order valence-electron chi connectivity index (χ0n) is 11.2. The normalized spacial score (nSPS) is 12.2. The second kappa shape index (κ2) is 6.76. The Kier molecular flexibility index (Phi) is 4.78. The Hall–Kier alpha value is -2.28. The summed E-state index contributed by atoms with van der Waals surface area (Å²) in [6, 6.07) is 6.79. The number of rotatable bonds is 7. The van der Waals surface area contributed by atoms with E-state index < -0.39 is 0 Å². The van der Waals surface area contributed by atoms with Gasteiger partial charge in [0.1, 0.15) is 12.2 Å². The predicted octanol–water partition coefficient (Wildman–Crippen LogP) is 2.00. The maximum Gasteiger partial charge on any atom is 0.269 e. The third kappa shape index (κ3) is 3.86. The van der Waals surface area contributed by atoms with E-state index >= 15 is 0 Å². The fourth-order valence-corrected chi connectivity index (χ4v) is 1.93. The molecule has 1 aromatic carbocycles. The number of aromatic nitrogens is 3. The molecule has 0 amide bonds. The Labute approximate surface area is 116 Å². The third-order valence-corrected chi connectivity index (χ3v) is 3.11. The molecule has 20 heavy (non-hydrogen) atoms. The van der Waals surface area contributed by atoms with Gasteiger partial charge in [-0.2, -0.15) is 5.10 Å². The van der Waals surface area contributed by atoms with Crippen molar-refractivity contribution in [2.75, 3.05) is 6.54 Å². The van der Waals surface area contributed by atoms with Crippen LogP contribution in [0.2, 0.25) is 0 Å². The van der Waals surface area contributed by atoms with E-state index in [2.05, 4.69) is 20.5 Å². The molecule has 0 radical (unpaired) electrons. The minimum Gasteiger partial charge on any atom is -0.310 e. The molecule has 2 rings (SSSR count). The van der Waals surface area contributed by atoms with E-state index in [0.29, 0.717) is 0 Å². The molecule has 2 N–H and O–H groups in total. The van der Waals surface area contributed by atoms with Gasteiger partial charge in [-0.25, -0.2) is 4.98 Å².